The van der Waals surface area contributed by atoms with Crippen LogP contribution in [0.2, 0.25) is 0 Å². The van der Waals surface area contributed by atoms with Crippen molar-refractivity contribution in [3.8, 4) is 39.1 Å². The molecule has 0 spiro atoms. The van der Waals surface area contributed by atoms with Gasteiger partial charge in [0.05, 0.1) is 22.4 Å². The van der Waals surface area contributed by atoms with E-state index in [9.17, 15) is 0 Å². The summed E-state index contributed by atoms with van der Waals surface area (Å²) < 4.78 is 2.38. The number of nitrogens with zero attached hydrogens (tertiary/aromatic N) is 2. The van der Waals surface area contributed by atoms with Gasteiger partial charge in [0.15, 0.2) is 0 Å². The highest BCUT2D eigenvalue weighted by molar-refractivity contribution is 6.10. The van der Waals surface area contributed by atoms with Crippen LogP contribution in [0.3, 0.4) is 0 Å². The first-order chi connectivity index (χ1) is 26.0. The molecule has 0 N–H and O–H groups in total. The molecule has 0 bridgehead atoms. The smallest absolute Gasteiger partial charge is 0.0541 e. The van der Waals surface area contributed by atoms with Crippen LogP contribution < -0.4 is 4.90 Å². The average molecular weight is 679 g/mol. The SMILES string of the molecule is CC1(C)c2cc(-c3ccccc3)ccc2N(c2ccc(-c3ccccc3)cc2)c2ccc(-c3ccc4c(c3)c3ccccc3n4-c3ccccc3)cc21. The number of rotatable bonds is 5. The van der Waals surface area contributed by atoms with Crippen LogP contribution in [-0.2, 0) is 5.41 Å². The third-order valence-electron chi connectivity index (χ3n) is 11.2. The van der Waals surface area contributed by atoms with Gasteiger partial charge in [-0.1, -0.05) is 141 Å². The maximum atomic E-state index is 2.46. The predicted molar refractivity (Wildman–Crippen MR) is 224 cm³/mol. The first-order valence-corrected chi connectivity index (χ1v) is 18.4. The van der Waals surface area contributed by atoms with E-state index in [0.29, 0.717) is 0 Å². The van der Waals surface area contributed by atoms with Crippen LogP contribution in [-0.4, -0.2) is 4.57 Å². The molecule has 1 aliphatic heterocycles. The first kappa shape index (κ1) is 31.1. The number of benzene rings is 8. The number of fused-ring (bicyclic) bond motifs is 5. The second kappa shape index (κ2) is 12.3. The standard InChI is InChI=1S/C51H38N2/c1-51(2)45-33-39(36-16-8-4-9-17-36)25-30-49(45)53(42-27-22-37(23-28-42)35-14-6-3-7-15-35)50-31-26-40(34-46(50)51)38-24-29-48-44(32-38)43-20-12-13-21-47(43)52(48)41-18-10-5-11-19-41/h3-34H,1-2H3. The van der Waals surface area contributed by atoms with Crippen LogP contribution in [0.1, 0.15) is 25.0 Å². The molecule has 0 fully saturated rings. The van der Waals surface area contributed by atoms with Gasteiger partial charge in [0.25, 0.3) is 0 Å². The molecule has 0 radical (unpaired) electrons. The van der Waals surface area contributed by atoms with Crippen LogP contribution >= 0.6 is 0 Å². The Morgan fingerprint density at radius 1 is 0.340 bits per heavy atom. The van der Waals surface area contributed by atoms with Gasteiger partial charge >= 0.3 is 0 Å². The van der Waals surface area contributed by atoms with E-state index in [1.165, 1.54) is 83.4 Å². The molecular formula is C51H38N2. The van der Waals surface area contributed by atoms with Gasteiger partial charge in [-0.05, 0) is 111 Å². The van der Waals surface area contributed by atoms with Crippen molar-refractivity contribution in [2.75, 3.05) is 4.90 Å². The molecule has 2 heteroatoms. The van der Waals surface area contributed by atoms with Crippen LogP contribution in [0.5, 0.6) is 0 Å². The molecule has 9 aromatic rings. The average Bonchev–Trinajstić information content (AvgIpc) is 3.56. The highest BCUT2D eigenvalue weighted by Gasteiger charge is 2.37. The van der Waals surface area contributed by atoms with Crippen LogP contribution in [0, 0.1) is 0 Å². The number of aromatic nitrogens is 1. The molecule has 1 aliphatic rings. The highest BCUT2D eigenvalue weighted by Crippen LogP contribution is 2.53. The lowest BCUT2D eigenvalue weighted by atomic mass is 9.72. The Labute approximate surface area is 310 Å². The van der Waals surface area contributed by atoms with Crippen molar-refractivity contribution in [1.29, 1.82) is 0 Å². The van der Waals surface area contributed by atoms with Crippen molar-refractivity contribution >= 4 is 38.9 Å². The Hall–Kier alpha value is -6.64. The molecule has 252 valence electrons. The fraction of sp³-hybridized carbons (Fsp3) is 0.0588. The number of hydrogen-bond donors (Lipinski definition) is 0. The monoisotopic (exact) mass is 678 g/mol. The van der Waals surface area contributed by atoms with E-state index in [-0.39, 0.29) is 5.41 Å². The van der Waals surface area contributed by atoms with Gasteiger partial charge in [0, 0.05) is 27.6 Å². The summed E-state index contributed by atoms with van der Waals surface area (Å²) >= 11 is 0. The van der Waals surface area contributed by atoms with Crippen molar-refractivity contribution in [1.82, 2.24) is 4.57 Å². The fourth-order valence-electron chi connectivity index (χ4n) is 8.45. The zero-order valence-electron chi connectivity index (χ0n) is 29.9. The maximum Gasteiger partial charge on any atom is 0.0541 e. The molecule has 8 aromatic carbocycles. The third-order valence-corrected chi connectivity index (χ3v) is 11.2. The minimum Gasteiger partial charge on any atom is -0.310 e. The van der Waals surface area contributed by atoms with Crippen LogP contribution in [0.25, 0.3) is 60.9 Å². The highest BCUT2D eigenvalue weighted by atomic mass is 15.2. The first-order valence-electron chi connectivity index (χ1n) is 18.4. The van der Waals surface area contributed by atoms with E-state index in [1.54, 1.807) is 0 Å². The van der Waals surface area contributed by atoms with Crippen molar-refractivity contribution in [3.05, 3.63) is 205 Å². The van der Waals surface area contributed by atoms with Gasteiger partial charge in [0.2, 0.25) is 0 Å². The summed E-state index contributed by atoms with van der Waals surface area (Å²) in [6.45, 7) is 4.77. The topological polar surface area (TPSA) is 8.17 Å². The van der Waals surface area contributed by atoms with E-state index >= 15 is 0 Å². The largest absolute Gasteiger partial charge is 0.310 e. The minimum atomic E-state index is -0.251. The number of para-hydroxylation sites is 2. The van der Waals surface area contributed by atoms with Gasteiger partial charge in [-0.2, -0.15) is 0 Å². The Morgan fingerprint density at radius 2 is 0.792 bits per heavy atom. The van der Waals surface area contributed by atoms with Crippen molar-refractivity contribution in [2.45, 2.75) is 19.3 Å². The molecule has 2 heterocycles. The second-order valence-electron chi connectivity index (χ2n) is 14.6. The Bertz CT molecular complexity index is 2780. The van der Waals surface area contributed by atoms with E-state index in [0.717, 1.165) is 5.69 Å². The molecule has 0 unspecified atom stereocenters. The summed E-state index contributed by atoms with van der Waals surface area (Å²) in [4.78, 5) is 2.46. The summed E-state index contributed by atoms with van der Waals surface area (Å²) in [6, 6.07) is 70.9. The molecule has 53 heavy (non-hydrogen) atoms. The zero-order valence-corrected chi connectivity index (χ0v) is 29.9. The van der Waals surface area contributed by atoms with Gasteiger partial charge in [-0.15, -0.1) is 0 Å². The molecule has 0 atom stereocenters. The Kier molecular flexibility index (Phi) is 7.19. The second-order valence-corrected chi connectivity index (χ2v) is 14.6. The molecule has 0 aliphatic carbocycles. The quantitative estimate of drug-likeness (QED) is 0.176. The van der Waals surface area contributed by atoms with Crippen LogP contribution in [0.15, 0.2) is 194 Å². The lowest BCUT2D eigenvalue weighted by molar-refractivity contribution is 0.632. The molecule has 0 saturated carbocycles. The summed E-state index contributed by atoms with van der Waals surface area (Å²) in [5.41, 5.74) is 16.9. The number of hydrogen-bond acceptors (Lipinski definition) is 1. The summed E-state index contributed by atoms with van der Waals surface area (Å²) in [6.07, 6.45) is 0. The molecule has 0 amide bonds. The zero-order chi connectivity index (χ0) is 35.5. The van der Waals surface area contributed by atoms with Gasteiger partial charge < -0.3 is 9.47 Å². The fourth-order valence-corrected chi connectivity index (χ4v) is 8.45. The third kappa shape index (κ3) is 5.10. The van der Waals surface area contributed by atoms with Crippen molar-refractivity contribution in [3.63, 3.8) is 0 Å². The minimum absolute atomic E-state index is 0.251. The normalized spacial score (nSPS) is 13.2. The van der Waals surface area contributed by atoms with Gasteiger partial charge in [0.1, 0.15) is 0 Å². The summed E-state index contributed by atoms with van der Waals surface area (Å²) in [7, 11) is 0. The predicted octanol–water partition coefficient (Wildman–Crippen LogP) is 13.9. The van der Waals surface area contributed by atoms with Crippen molar-refractivity contribution in [2.24, 2.45) is 0 Å². The lowest BCUT2D eigenvalue weighted by Gasteiger charge is -2.42. The van der Waals surface area contributed by atoms with E-state index < -0.39 is 0 Å². The van der Waals surface area contributed by atoms with Gasteiger partial charge in [-0.25, -0.2) is 0 Å². The maximum absolute atomic E-state index is 2.46. The van der Waals surface area contributed by atoms with E-state index in [1.807, 2.05) is 0 Å². The summed E-state index contributed by atoms with van der Waals surface area (Å²) in [5.74, 6) is 0. The van der Waals surface area contributed by atoms with Crippen LogP contribution in [0.4, 0.5) is 17.1 Å². The summed E-state index contributed by atoms with van der Waals surface area (Å²) in [5, 5.41) is 2.52. The van der Waals surface area contributed by atoms with E-state index in [4.69, 9.17) is 0 Å². The molecule has 1 aromatic heterocycles. The molecule has 2 nitrogen and oxygen atoms in total. The molecular weight excluding hydrogens is 641 g/mol. The Morgan fingerprint density at radius 3 is 1.43 bits per heavy atom. The number of anilines is 3. The Balaban J connectivity index is 1.14. The van der Waals surface area contributed by atoms with E-state index in [2.05, 4.69) is 217 Å². The van der Waals surface area contributed by atoms with Gasteiger partial charge in [-0.3, -0.25) is 0 Å². The van der Waals surface area contributed by atoms with Crippen molar-refractivity contribution < 1.29 is 0 Å². The molecule has 0 saturated heterocycles. The lowest BCUT2D eigenvalue weighted by Crippen LogP contribution is -2.30. The molecule has 10 rings (SSSR count).